The molecule has 0 saturated carbocycles. The number of piperidine rings is 1. The van der Waals surface area contributed by atoms with E-state index in [1.54, 1.807) is 0 Å². The second-order valence-electron chi connectivity index (χ2n) is 6.16. The van der Waals surface area contributed by atoms with Crippen molar-refractivity contribution in [2.75, 3.05) is 19.6 Å². The van der Waals surface area contributed by atoms with E-state index in [-0.39, 0.29) is 6.04 Å². The highest BCUT2D eigenvalue weighted by molar-refractivity contribution is 5.79. The number of nitrogens with one attached hydrogen (secondary N) is 1. The van der Waals surface area contributed by atoms with Gasteiger partial charge in [-0.2, -0.15) is 26.3 Å². The Balaban J connectivity index is 2.15. The minimum absolute atomic E-state index is 0.0280. The minimum Gasteiger partial charge on any atom is -0.341 e. The van der Waals surface area contributed by atoms with Gasteiger partial charge >= 0.3 is 12.4 Å². The summed E-state index contributed by atoms with van der Waals surface area (Å²) in [5, 5.41) is 3.09. The molecule has 0 unspecified atom stereocenters. The summed E-state index contributed by atoms with van der Waals surface area (Å²) in [4.78, 5) is 13.0. The Morgan fingerprint density at radius 1 is 1.18 bits per heavy atom. The Morgan fingerprint density at radius 3 is 2.23 bits per heavy atom. The lowest BCUT2D eigenvalue weighted by Crippen LogP contribution is -2.53. The van der Waals surface area contributed by atoms with Crippen molar-refractivity contribution >= 4 is 5.91 Å². The van der Waals surface area contributed by atoms with Crippen molar-refractivity contribution in [1.82, 2.24) is 10.2 Å². The number of amides is 1. The predicted molar refractivity (Wildman–Crippen MR) is 65.9 cm³/mol. The summed E-state index contributed by atoms with van der Waals surface area (Å²) in [6, 6.07) is 0.0280. The van der Waals surface area contributed by atoms with Gasteiger partial charge in [-0.15, -0.1) is 0 Å². The van der Waals surface area contributed by atoms with Gasteiger partial charge in [0.2, 0.25) is 5.91 Å². The molecule has 2 heterocycles. The maximum atomic E-state index is 13.0. The summed E-state index contributed by atoms with van der Waals surface area (Å²) in [7, 11) is 0. The van der Waals surface area contributed by atoms with E-state index in [9.17, 15) is 31.1 Å². The number of carbonyl (C=O) groups is 1. The third-order valence-electron chi connectivity index (χ3n) is 4.64. The highest BCUT2D eigenvalue weighted by Crippen LogP contribution is 2.55. The van der Waals surface area contributed by atoms with E-state index >= 15 is 0 Å². The molecule has 2 saturated heterocycles. The second-order valence-corrected chi connectivity index (χ2v) is 6.16. The molecule has 0 spiro atoms. The Hall–Kier alpha value is -0.990. The van der Waals surface area contributed by atoms with E-state index in [1.807, 2.05) is 6.92 Å². The molecule has 2 rings (SSSR count). The van der Waals surface area contributed by atoms with Gasteiger partial charge in [0.15, 0.2) is 5.41 Å². The second kappa shape index (κ2) is 5.58. The molecule has 0 bridgehead atoms. The number of hydrogen-bond donors (Lipinski definition) is 1. The molecule has 9 heteroatoms. The van der Waals surface area contributed by atoms with Crippen molar-refractivity contribution in [1.29, 1.82) is 0 Å². The monoisotopic (exact) mass is 332 g/mol. The molecule has 0 aromatic heterocycles. The van der Waals surface area contributed by atoms with Gasteiger partial charge in [0, 0.05) is 25.0 Å². The lowest BCUT2D eigenvalue weighted by molar-refractivity contribution is -0.334. The van der Waals surface area contributed by atoms with Crippen molar-refractivity contribution in [3.8, 4) is 0 Å². The molecule has 1 N–H and O–H groups in total. The van der Waals surface area contributed by atoms with E-state index < -0.39 is 49.1 Å². The average Bonchev–Trinajstić information content (AvgIpc) is 2.83. The van der Waals surface area contributed by atoms with Crippen molar-refractivity contribution in [3.05, 3.63) is 0 Å². The maximum Gasteiger partial charge on any atom is 0.404 e. The Kier molecular flexibility index (Phi) is 4.40. The largest absolute Gasteiger partial charge is 0.404 e. The van der Waals surface area contributed by atoms with Crippen LogP contribution in [0.3, 0.4) is 0 Å². The third-order valence-corrected chi connectivity index (χ3v) is 4.64. The molecule has 2 aliphatic rings. The first kappa shape index (κ1) is 17.4. The molecule has 1 amide bonds. The lowest BCUT2D eigenvalue weighted by atomic mass is 9.85. The number of alkyl halides is 6. The van der Waals surface area contributed by atoms with Crippen LogP contribution in [0.15, 0.2) is 0 Å². The molecule has 22 heavy (non-hydrogen) atoms. The maximum absolute atomic E-state index is 13.0. The fourth-order valence-corrected chi connectivity index (χ4v) is 3.24. The first-order chi connectivity index (χ1) is 9.98. The molecule has 0 aliphatic carbocycles. The zero-order chi connectivity index (χ0) is 16.8. The lowest BCUT2D eigenvalue weighted by Gasteiger charge is -2.34. The van der Waals surface area contributed by atoms with Gasteiger partial charge < -0.3 is 10.2 Å². The zero-order valence-electron chi connectivity index (χ0n) is 12.0. The smallest absolute Gasteiger partial charge is 0.341 e. The normalized spacial score (nSPS) is 29.7. The van der Waals surface area contributed by atoms with Crippen molar-refractivity contribution < 1.29 is 31.1 Å². The van der Waals surface area contributed by atoms with Crippen LogP contribution in [0.1, 0.15) is 26.2 Å². The number of likely N-dealkylation sites (tertiary alicyclic amines) is 1. The zero-order valence-corrected chi connectivity index (χ0v) is 12.0. The summed E-state index contributed by atoms with van der Waals surface area (Å²) in [5.74, 6) is -1.10. The topological polar surface area (TPSA) is 32.3 Å². The number of carbonyl (C=O) groups excluding carboxylic acids is 1. The molecular weight excluding hydrogens is 314 g/mol. The minimum atomic E-state index is -5.41. The van der Waals surface area contributed by atoms with Gasteiger partial charge in [0.25, 0.3) is 0 Å². The van der Waals surface area contributed by atoms with E-state index in [4.69, 9.17) is 0 Å². The number of rotatable bonds is 1. The van der Waals surface area contributed by atoms with Crippen LogP contribution in [-0.2, 0) is 4.79 Å². The Morgan fingerprint density at radius 2 is 1.77 bits per heavy atom. The van der Waals surface area contributed by atoms with Crippen LogP contribution in [0.4, 0.5) is 26.3 Å². The van der Waals surface area contributed by atoms with Gasteiger partial charge in [-0.3, -0.25) is 4.79 Å². The van der Waals surface area contributed by atoms with Gasteiger partial charge in [0.1, 0.15) is 0 Å². The fourth-order valence-electron chi connectivity index (χ4n) is 3.24. The summed E-state index contributed by atoms with van der Waals surface area (Å²) >= 11 is 0. The summed E-state index contributed by atoms with van der Waals surface area (Å²) in [6.45, 7) is 0.543. The standard InChI is InChI=1S/C13H18F6N2O/c1-8-6-9(2-4-20-8)10(22)21-5-3-11(7-21,12(14,15)16)13(17,18)19/h8-9,20H,2-7H2,1H3/t8-,9-/m0/s1. The van der Waals surface area contributed by atoms with Crippen LogP contribution in [-0.4, -0.2) is 48.8 Å². The van der Waals surface area contributed by atoms with Crippen LogP contribution in [0.2, 0.25) is 0 Å². The average molecular weight is 332 g/mol. The van der Waals surface area contributed by atoms with E-state index in [1.165, 1.54) is 0 Å². The Bertz CT molecular complexity index is 419. The van der Waals surface area contributed by atoms with Crippen LogP contribution in [0, 0.1) is 11.3 Å². The quantitative estimate of drug-likeness (QED) is 0.749. The van der Waals surface area contributed by atoms with Crippen LogP contribution >= 0.6 is 0 Å². The highest BCUT2D eigenvalue weighted by atomic mass is 19.4. The van der Waals surface area contributed by atoms with Gasteiger partial charge in [-0.05, 0) is 32.7 Å². The molecule has 128 valence electrons. The summed E-state index contributed by atoms with van der Waals surface area (Å²) < 4.78 is 77.9. The molecule has 0 aromatic rings. The van der Waals surface area contributed by atoms with Gasteiger partial charge in [0.05, 0.1) is 0 Å². The third kappa shape index (κ3) is 2.91. The predicted octanol–water partition coefficient (Wildman–Crippen LogP) is 2.72. The first-order valence-electron chi connectivity index (χ1n) is 7.13. The fraction of sp³-hybridized carbons (Fsp3) is 0.923. The SMILES string of the molecule is C[C@H]1C[C@@H](C(=O)N2CCC(C(F)(F)F)(C(F)(F)F)C2)CCN1. The van der Waals surface area contributed by atoms with Crippen LogP contribution < -0.4 is 5.32 Å². The van der Waals surface area contributed by atoms with Crippen LogP contribution in [0.5, 0.6) is 0 Å². The molecule has 3 nitrogen and oxygen atoms in total. The first-order valence-corrected chi connectivity index (χ1v) is 7.13. The molecule has 0 aromatic carbocycles. The molecule has 2 aliphatic heterocycles. The van der Waals surface area contributed by atoms with E-state index in [2.05, 4.69) is 5.32 Å². The van der Waals surface area contributed by atoms with Crippen molar-refractivity contribution in [3.63, 3.8) is 0 Å². The molecule has 2 fully saturated rings. The van der Waals surface area contributed by atoms with E-state index in [0.29, 0.717) is 19.4 Å². The van der Waals surface area contributed by atoms with Gasteiger partial charge in [-0.1, -0.05) is 0 Å². The van der Waals surface area contributed by atoms with E-state index in [0.717, 1.165) is 4.90 Å². The Labute approximate surface area is 124 Å². The molecule has 0 radical (unpaired) electrons. The summed E-state index contributed by atoms with van der Waals surface area (Å²) in [5.41, 5.74) is -3.80. The molecular formula is C13H18F6N2O. The molecule has 2 atom stereocenters. The van der Waals surface area contributed by atoms with Gasteiger partial charge in [-0.25, -0.2) is 0 Å². The van der Waals surface area contributed by atoms with Crippen molar-refractivity contribution in [2.45, 2.75) is 44.6 Å². The number of halogens is 6. The van der Waals surface area contributed by atoms with Crippen molar-refractivity contribution in [2.24, 2.45) is 11.3 Å². The highest BCUT2D eigenvalue weighted by Gasteiger charge is 2.73. The summed E-state index contributed by atoms with van der Waals surface area (Å²) in [6.07, 6.45) is -11.1. The van der Waals surface area contributed by atoms with Crippen LogP contribution in [0.25, 0.3) is 0 Å². The number of hydrogen-bond acceptors (Lipinski definition) is 2. The number of nitrogens with zero attached hydrogens (tertiary/aromatic N) is 1.